The average Bonchev–Trinajstić information content (AvgIpc) is 3.19. The maximum absolute atomic E-state index is 13.1. The molecule has 2 heterocycles. The lowest BCUT2D eigenvalue weighted by Gasteiger charge is -2.33. The Morgan fingerprint density at radius 3 is 2.81 bits per heavy atom. The van der Waals surface area contributed by atoms with Gasteiger partial charge in [0, 0.05) is 24.6 Å². The molecule has 0 bridgehead atoms. The van der Waals surface area contributed by atoms with Crippen LogP contribution in [0.2, 0.25) is 0 Å². The standard InChI is InChI=1S/C21H28FN3O2/c1-3-5-7-15(4-2)21(26)25-13-6-8-17(14-25)20-23-19(24-27-20)16-9-11-18(22)12-10-16/h9-12,15,17H,3-8,13-14H2,1-2H3/t15-,17-/m1/s1. The van der Waals surface area contributed by atoms with Crippen LogP contribution in [-0.2, 0) is 4.79 Å². The largest absolute Gasteiger partial charge is 0.342 e. The van der Waals surface area contributed by atoms with Crippen molar-refractivity contribution >= 4 is 5.91 Å². The van der Waals surface area contributed by atoms with Crippen molar-refractivity contribution in [2.24, 2.45) is 5.92 Å². The second-order valence-electron chi connectivity index (χ2n) is 7.33. The van der Waals surface area contributed by atoms with E-state index in [-0.39, 0.29) is 23.6 Å². The maximum Gasteiger partial charge on any atom is 0.231 e. The van der Waals surface area contributed by atoms with Crippen molar-refractivity contribution in [2.45, 2.75) is 58.3 Å². The van der Waals surface area contributed by atoms with Crippen LogP contribution in [0, 0.1) is 11.7 Å². The van der Waals surface area contributed by atoms with Gasteiger partial charge in [0.15, 0.2) is 0 Å². The first kappa shape index (κ1) is 19.5. The second kappa shape index (κ2) is 9.11. The number of hydrogen-bond donors (Lipinski definition) is 0. The number of rotatable bonds is 7. The number of benzene rings is 1. The fourth-order valence-corrected chi connectivity index (χ4v) is 3.71. The molecule has 1 aromatic heterocycles. The number of unbranched alkanes of at least 4 members (excludes halogenated alkanes) is 1. The molecule has 1 aliphatic rings. The molecule has 2 aromatic rings. The number of aromatic nitrogens is 2. The number of amides is 1. The van der Waals surface area contributed by atoms with Gasteiger partial charge in [0.2, 0.25) is 17.6 Å². The summed E-state index contributed by atoms with van der Waals surface area (Å²) in [4.78, 5) is 19.4. The molecule has 2 atom stereocenters. The third-order valence-corrected chi connectivity index (χ3v) is 5.37. The number of likely N-dealkylation sites (tertiary alicyclic amines) is 1. The number of hydrogen-bond acceptors (Lipinski definition) is 4. The molecular weight excluding hydrogens is 345 g/mol. The quantitative estimate of drug-likeness (QED) is 0.699. The highest BCUT2D eigenvalue weighted by Crippen LogP contribution is 2.29. The van der Waals surface area contributed by atoms with Gasteiger partial charge in [-0.1, -0.05) is 31.8 Å². The molecule has 6 heteroatoms. The molecule has 27 heavy (non-hydrogen) atoms. The summed E-state index contributed by atoms with van der Waals surface area (Å²) in [7, 11) is 0. The normalized spacial score (nSPS) is 18.5. The Hall–Kier alpha value is -2.24. The smallest absolute Gasteiger partial charge is 0.231 e. The summed E-state index contributed by atoms with van der Waals surface area (Å²) in [5.41, 5.74) is 0.723. The van der Waals surface area contributed by atoms with E-state index < -0.39 is 0 Å². The number of halogens is 1. The van der Waals surface area contributed by atoms with E-state index in [9.17, 15) is 9.18 Å². The highest BCUT2D eigenvalue weighted by atomic mass is 19.1. The molecule has 1 saturated heterocycles. The van der Waals surface area contributed by atoms with Crippen LogP contribution >= 0.6 is 0 Å². The lowest BCUT2D eigenvalue weighted by atomic mass is 9.93. The third kappa shape index (κ3) is 4.73. The van der Waals surface area contributed by atoms with Gasteiger partial charge in [-0.25, -0.2) is 4.39 Å². The molecule has 5 nitrogen and oxygen atoms in total. The lowest BCUT2D eigenvalue weighted by Crippen LogP contribution is -2.42. The highest BCUT2D eigenvalue weighted by molar-refractivity contribution is 5.79. The molecular formula is C21H28FN3O2. The Labute approximate surface area is 159 Å². The molecule has 0 N–H and O–H groups in total. The van der Waals surface area contributed by atoms with Crippen molar-refractivity contribution in [1.82, 2.24) is 15.0 Å². The van der Waals surface area contributed by atoms with Crippen LogP contribution in [-0.4, -0.2) is 34.0 Å². The Kier molecular flexibility index (Phi) is 6.58. The summed E-state index contributed by atoms with van der Waals surface area (Å²) in [5, 5.41) is 4.04. The van der Waals surface area contributed by atoms with Crippen molar-refractivity contribution < 1.29 is 13.7 Å². The lowest BCUT2D eigenvalue weighted by molar-refractivity contribution is -0.137. The summed E-state index contributed by atoms with van der Waals surface area (Å²) >= 11 is 0. The van der Waals surface area contributed by atoms with Crippen LogP contribution in [0.1, 0.15) is 64.2 Å². The van der Waals surface area contributed by atoms with Gasteiger partial charge in [-0.15, -0.1) is 0 Å². The van der Waals surface area contributed by atoms with Crippen molar-refractivity contribution in [2.75, 3.05) is 13.1 Å². The Balaban J connectivity index is 1.67. The average molecular weight is 373 g/mol. The minimum atomic E-state index is -0.294. The summed E-state index contributed by atoms with van der Waals surface area (Å²) in [5.74, 6) is 1.16. The number of carbonyl (C=O) groups is 1. The van der Waals surface area contributed by atoms with Crippen LogP contribution in [0.5, 0.6) is 0 Å². The fourth-order valence-electron chi connectivity index (χ4n) is 3.71. The predicted molar refractivity (Wildman–Crippen MR) is 102 cm³/mol. The van der Waals surface area contributed by atoms with E-state index in [1.165, 1.54) is 12.1 Å². The highest BCUT2D eigenvalue weighted by Gasteiger charge is 2.31. The van der Waals surface area contributed by atoms with Crippen LogP contribution in [0.3, 0.4) is 0 Å². The van der Waals surface area contributed by atoms with Gasteiger partial charge in [0.05, 0.1) is 5.92 Å². The first-order valence-corrected chi connectivity index (χ1v) is 10.0. The van der Waals surface area contributed by atoms with Crippen molar-refractivity contribution in [3.63, 3.8) is 0 Å². The number of nitrogens with zero attached hydrogens (tertiary/aromatic N) is 3. The van der Waals surface area contributed by atoms with Gasteiger partial charge in [-0.2, -0.15) is 4.98 Å². The van der Waals surface area contributed by atoms with Gasteiger partial charge < -0.3 is 9.42 Å². The molecule has 0 saturated carbocycles. The molecule has 1 aromatic carbocycles. The summed E-state index contributed by atoms with van der Waals surface area (Å²) in [6.07, 6.45) is 5.92. The summed E-state index contributed by atoms with van der Waals surface area (Å²) in [6, 6.07) is 6.04. The summed E-state index contributed by atoms with van der Waals surface area (Å²) < 4.78 is 18.6. The van der Waals surface area contributed by atoms with Gasteiger partial charge >= 0.3 is 0 Å². The van der Waals surface area contributed by atoms with E-state index in [0.29, 0.717) is 18.3 Å². The molecule has 1 fully saturated rings. The molecule has 1 amide bonds. The minimum absolute atomic E-state index is 0.0630. The van der Waals surface area contributed by atoms with Crippen molar-refractivity contribution in [3.8, 4) is 11.4 Å². The molecule has 0 radical (unpaired) electrons. The number of carbonyl (C=O) groups excluding carboxylic acids is 1. The van der Waals surface area contributed by atoms with E-state index in [0.717, 1.165) is 50.6 Å². The van der Waals surface area contributed by atoms with Gasteiger partial charge in [0.1, 0.15) is 5.82 Å². The summed E-state index contributed by atoms with van der Waals surface area (Å²) in [6.45, 7) is 5.68. The van der Waals surface area contributed by atoms with Gasteiger partial charge in [-0.3, -0.25) is 4.79 Å². The molecule has 0 unspecified atom stereocenters. The van der Waals surface area contributed by atoms with Gasteiger partial charge in [0.25, 0.3) is 0 Å². The van der Waals surface area contributed by atoms with Crippen molar-refractivity contribution in [3.05, 3.63) is 36.0 Å². The molecule has 0 aliphatic carbocycles. The van der Waals surface area contributed by atoms with E-state index in [4.69, 9.17) is 4.52 Å². The first-order chi connectivity index (χ1) is 13.1. The van der Waals surface area contributed by atoms with Crippen LogP contribution in [0.4, 0.5) is 4.39 Å². The van der Waals surface area contributed by atoms with Gasteiger partial charge in [-0.05, 0) is 49.9 Å². The predicted octanol–water partition coefficient (Wildman–Crippen LogP) is 4.80. The van der Waals surface area contributed by atoms with Crippen LogP contribution < -0.4 is 0 Å². The fraction of sp³-hybridized carbons (Fsp3) is 0.571. The molecule has 0 spiro atoms. The van der Waals surface area contributed by atoms with E-state index in [1.54, 1.807) is 12.1 Å². The van der Waals surface area contributed by atoms with E-state index in [2.05, 4.69) is 24.0 Å². The zero-order valence-electron chi connectivity index (χ0n) is 16.2. The first-order valence-electron chi connectivity index (χ1n) is 10.0. The van der Waals surface area contributed by atoms with E-state index >= 15 is 0 Å². The minimum Gasteiger partial charge on any atom is -0.342 e. The van der Waals surface area contributed by atoms with Crippen LogP contribution in [0.15, 0.2) is 28.8 Å². The Bertz CT molecular complexity index is 744. The number of piperidine rings is 1. The third-order valence-electron chi connectivity index (χ3n) is 5.37. The topological polar surface area (TPSA) is 59.2 Å². The zero-order chi connectivity index (χ0) is 19.2. The van der Waals surface area contributed by atoms with Crippen molar-refractivity contribution in [1.29, 1.82) is 0 Å². The molecule has 3 rings (SSSR count). The molecule has 146 valence electrons. The maximum atomic E-state index is 13.1. The monoisotopic (exact) mass is 373 g/mol. The second-order valence-corrected chi connectivity index (χ2v) is 7.33. The Morgan fingerprint density at radius 1 is 1.33 bits per heavy atom. The SMILES string of the molecule is CCCC[C@@H](CC)C(=O)N1CCC[C@@H](c2nc(-c3ccc(F)cc3)no2)C1. The molecule has 1 aliphatic heterocycles. The zero-order valence-corrected chi connectivity index (χ0v) is 16.2. The van der Waals surface area contributed by atoms with Crippen LogP contribution in [0.25, 0.3) is 11.4 Å². The van der Waals surface area contributed by atoms with E-state index in [1.807, 2.05) is 4.90 Å². The Morgan fingerprint density at radius 2 is 2.11 bits per heavy atom.